The first kappa shape index (κ1) is 14.3. The van der Waals surface area contributed by atoms with Gasteiger partial charge in [0.25, 0.3) is 0 Å². The summed E-state index contributed by atoms with van der Waals surface area (Å²) in [5, 5.41) is 9.89. The van der Waals surface area contributed by atoms with E-state index < -0.39 is 17.9 Å². The van der Waals surface area contributed by atoms with Crippen molar-refractivity contribution in [2.24, 2.45) is 11.8 Å². The van der Waals surface area contributed by atoms with Crippen LogP contribution in [0, 0.1) is 11.8 Å². The highest BCUT2D eigenvalue weighted by molar-refractivity contribution is 7.15. The molecule has 1 fully saturated rings. The first-order valence-electron chi connectivity index (χ1n) is 6.03. The van der Waals surface area contributed by atoms with E-state index >= 15 is 0 Å². The third kappa shape index (κ3) is 2.90. The molecule has 2 atom stereocenters. The van der Waals surface area contributed by atoms with E-state index in [4.69, 9.17) is 11.6 Å². The van der Waals surface area contributed by atoms with Gasteiger partial charge in [0.2, 0.25) is 5.91 Å². The number of aliphatic carboxylic acids is 1. The van der Waals surface area contributed by atoms with Crippen molar-refractivity contribution in [1.29, 1.82) is 0 Å². The standard InChI is InChI=1S/C12H15ClN2O3S/c1-6(2)5-15-9(16)3-7(12(17)18)10(15)11-14-4-8(13)19-11/h4,6-7,10H,3,5H2,1-2H3,(H,17,18). The van der Waals surface area contributed by atoms with E-state index in [0.29, 0.717) is 15.9 Å². The van der Waals surface area contributed by atoms with E-state index in [2.05, 4.69) is 4.98 Å². The number of nitrogens with zero attached hydrogens (tertiary/aromatic N) is 2. The molecule has 0 aromatic carbocycles. The first-order chi connectivity index (χ1) is 8.90. The third-order valence-corrected chi connectivity index (χ3v) is 4.24. The molecule has 2 heterocycles. The van der Waals surface area contributed by atoms with E-state index in [1.165, 1.54) is 17.5 Å². The molecule has 7 heteroatoms. The quantitative estimate of drug-likeness (QED) is 0.927. The lowest BCUT2D eigenvalue weighted by atomic mass is 10.0. The summed E-state index contributed by atoms with van der Waals surface area (Å²) in [6.45, 7) is 4.52. The molecule has 104 valence electrons. The molecule has 1 N–H and O–H groups in total. The van der Waals surface area contributed by atoms with Crippen molar-refractivity contribution >= 4 is 34.8 Å². The molecule has 1 aliphatic rings. The largest absolute Gasteiger partial charge is 0.481 e. The maximum absolute atomic E-state index is 12.0. The van der Waals surface area contributed by atoms with Gasteiger partial charge in [0, 0.05) is 13.0 Å². The van der Waals surface area contributed by atoms with Crippen molar-refractivity contribution in [3.63, 3.8) is 0 Å². The number of rotatable bonds is 4. The molecule has 0 saturated carbocycles. The Bertz CT molecular complexity index is 503. The average molecular weight is 303 g/mol. The van der Waals surface area contributed by atoms with Gasteiger partial charge >= 0.3 is 5.97 Å². The van der Waals surface area contributed by atoms with Crippen LogP contribution in [0.3, 0.4) is 0 Å². The minimum absolute atomic E-state index is 0.0317. The van der Waals surface area contributed by atoms with Crippen LogP contribution < -0.4 is 0 Å². The smallest absolute Gasteiger partial charge is 0.309 e. The summed E-state index contributed by atoms with van der Waals surface area (Å²) in [5.74, 6) is -1.56. The lowest BCUT2D eigenvalue weighted by Gasteiger charge is -2.26. The molecule has 1 aromatic rings. The van der Waals surface area contributed by atoms with Gasteiger partial charge in [-0.05, 0) is 5.92 Å². The van der Waals surface area contributed by atoms with Crippen molar-refractivity contribution in [3.05, 3.63) is 15.5 Å². The molecule has 0 bridgehead atoms. The number of hydrogen-bond acceptors (Lipinski definition) is 4. The molecule has 2 rings (SSSR count). The van der Waals surface area contributed by atoms with Crippen LogP contribution in [0.4, 0.5) is 0 Å². The monoisotopic (exact) mass is 302 g/mol. The average Bonchev–Trinajstić information content (AvgIpc) is 2.84. The molecule has 19 heavy (non-hydrogen) atoms. The lowest BCUT2D eigenvalue weighted by Crippen LogP contribution is -2.33. The molecule has 1 amide bonds. The molecule has 0 aliphatic carbocycles. The second-order valence-electron chi connectivity index (χ2n) is 5.04. The van der Waals surface area contributed by atoms with E-state index in [1.807, 2.05) is 13.8 Å². The van der Waals surface area contributed by atoms with Crippen molar-refractivity contribution in [2.75, 3.05) is 6.54 Å². The molecule has 2 unspecified atom stereocenters. The summed E-state index contributed by atoms with van der Waals surface area (Å²) in [6.07, 6.45) is 1.53. The van der Waals surface area contributed by atoms with E-state index in [0.717, 1.165) is 0 Å². The Morgan fingerprint density at radius 3 is 2.84 bits per heavy atom. The minimum Gasteiger partial charge on any atom is -0.481 e. The Morgan fingerprint density at radius 2 is 2.37 bits per heavy atom. The number of carboxylic acids is 1. The van der Waals surface area contributed by atoms with Crippen molar-refractivity contribution in [2.45, 2.75) is 26.3 Å². The van der Waals surface area contributed by atoms with Gasteiger partial charge in [-0.15, -0.1) is 11.3 Å². The normalized spacial score (nSPS) is 23.4. The number of amides is 1. The number of carbonyl (C=O) groups excluding carboxylic acids is 1. The number of halogens is 1. The Kier molecular flexibility index (Phi) is 4.10. The van der Waals surface area contributed by atoms with Crippen molar-refractivity contribution in [3.8, 4) is 0 Å². The zero-order valence-corrected chi connectivity index (χ0v) is 12.2. The zero-order valence-electron chi connectivity index (χ0n) is 10.7. The van der Waals surface area contributed by atoms with Crippen LogP contribution in [0.1, 0.15) is 31.3 Å². The van der Waals surface area contributed by atoms with Gasteiger partial charge in [-0.1, -0.05) is 25.4 Å². The van der Waals surface area contributed by atoms with Gasteiger partial charge in [0.1, 0.15) is 9.34 Å². The molecule has 0 spiro atoms. The van der Waals surface area contributed by atoms with Gasteiger partial charge in [-0.2, -0.15) is 0 Å². The van der Waals surface area contributed by atoms with Crippen LogP contribution in [0.2, 0.25) is 4.34 Å². The molecular weight excluding hydrogens is 288 g/mol. The second-order valence-corrected chi connectivity index (χ2v) is 6.73. The van der Waals surface area contributed by atoms with Gasteiger partial charge in [-0.3, -0.25) is 9.59 Å². The first-order valence-corrected chi connectivity index (χ1v) is 7.23. The Labute approximate surface area is 120 Å². The van der Waals surface area contributed by atoms with E-state index in [9.17, 15) is 14.7 Å². The Balaban J connectivity index is 2.35. The van der Waals surface area contributed by atoms with Crippen LogP contribution in [-0.2, 0) is 9.59 Å². The Morgan fingerprint density at radius 1 is 1.68 bits per heavy atom. The lowest BCUT2D eigenvalue weighted by molar-refractivity contribution is -0.142. The van der Waals surface area contributed by atoms with Gasteiger partial charge in [0.05, 0.1) is 18.2 Å². The van der Waals surface area contributed by atoms with Gasteiger partial charge < -0.3 is 10.0 Å². The fraction of sp³-hybridized carbons (Fsp3) is 0.583. The molecule has 5 nitrogen and oxygen atoms in total. The van der Waals surface area contributed by atoms with Crippen LogP contribution >= 0.6 is 22.9 Å². The summed E-state index contributed by atoms with van der Waals surface area (Å²) in [6, 6.07) is -0.495. The highest BCUT2D eigenvalue weighted by atomic mass is 35.5. The number of hydrogen-bond donors (Lipinski definition) is 1. The summed E-state index contributed by atoms with van der Waals surface area (Å²) in [4.78, 5) is 29.1. The summed E-state index contributed by atoms with van der Waals surface area (Å²) < 4.78 is 0.503. The van der Waals surface area contributed by atoms with Crippen LogP contribution in [0.5, 0.6) is 0 Å². The number of carboxylic acid groups (broad SMARTS) is 1. The highest BCUT2D eigenvalue weighted by Gasteiger charge is 2.46. The summed E-state index contributed by atoms with van der Waals surface area (Å²) in [5.41, 5.74) is 0. The molecule has 0 radical (unpaired) electrons. The van der Waals surface area contributed by atoms with Gasteiger partial charge in [-0.25, -0.2) is 4.98 Å². The molecule has 1 aromatic heterocycles. The van der Waals surface area contributed by atoms with Crippen LogP contribution in [0.15, 0.2) is 6.20 Å². The number of likely N-dealkylation sites (tertiary alicyclic amines) is 1. The predicted octanol–water partition coefficient (Wildman–Crippen LogP) is 2.43. The molecule has 1 saturated heterocycles. The predicted molar refractivity (Wildman–Crippen MR) is 72.2 cm³/mol. The maximum Gasteiger partial charge on any atom is 0.309 e. The topological polar surface area (TPSA) is 70.5 Å². The number of thiazole rings is 1. The van der Waals surface area contributed by atoms with Crippen LogP contribution in [-0.4, -0.2) is 33.4 Å². The highest BCUT2D eigenvalue weighted by Crippen LogP contribution is 2.40. The van der Waals surface area contributed by atoms with E-state index in [-0.39, 0.29) is 18.2 Å². The summed E-state index contributed by atoms with van der Waals surface area (Å²) in [7, 11) is 0. The third-order valence-electron chi connectivity index (χ3n) is 3.06. The fourth-order valence-corrected chi connectivity index (χ4v) is 3.44. The maximum atomic E-state index is 12.0. The Hall–Kier alpha value is -1.14. The summed E-state index contributed by atoms with van der Waals surface area (Å²) >= 11 is 7.10. The van der Waals surface area contributed by atoms with E-state index in [1.54, 1.807) is 4.90 Å². The molecular formula is C12H15ClN2O3S. The van der Waals surface area contributed by atoms with Gasteiger partial charge in [0.15, 0.2) is 0 Å². The zero-order chi connectivity index (χ0) is 14.2. The number of carbonyl (C=O) groups is 2. The van der Waals surface area contributed by atoms with Crippen LogP contribution in [0.25, 0.3) is 0 Å². The minimum atomic E-state index is -0.962. The van der Waals surface area contributed by atoms with Crippen molar-refractivity contribution < 1.29 is 14.7 Å². The SMILES string of the molecule is CC(C)CN1C(=O)CC(C(=O)O)C1c1ncc(Cl)s1. The second kappa shape index (κ2) is 5.46. The fourth-order valence-electron chi connectivity index (χ4n) is 2.33. The number of aromatic nitrogens is 1. The van der Waals surface area contributed by atoms with Crippen molar-refractivity contribution in [1.82, 2.24) is 9.88 Å². The molecule has 1 aliphatic heterocycles.